The van der Waals surface area contributed by atoms with Crippen molar-refractivity contribution in [2.24, 2.45) is 0 Å². The Morgan fingerprint density at radius 3 is 2.67 bits per heavy atom. The summed E-state index contributed by atoms with van der Waals surface area (Å²) in [6.07, 6.45) is 6.59. The van der Waals surface area contributed by atoms with E-state index in [-0.39, 0.29) is 0 Å². The Morgan fingerprint density at radius 1 is 1.22 bits per heavy atom. The molecule has 0 aromatic carbocycles. The predicted octanol–water partition coefficient (Wildman–Crippen LogP) is 2.13. The summed E-state index contributed by atoms with van der Waals surface area (Å²) < 4.78 is 5.39. The second-order valence-corrected chi connectivity index (χ2v) is 4.16. The van der Waals surface area contributed by atoms with Crippen molar-refractivity contribution in [3.05, 3.63) is 54.1 Å². The maximum atomic E-state index is 10.6. The summed E-state index contributed by atoms with van der Waals surface area (Å²) >= 11 is 0. The van der Waals surface area contributed by atoms with Gasteiger partial charge in [0.05, 0.1) is 12.8 Å². The molecule has 18 heavy (non-hydrogen) atoms. The van der Waals surface area contributed by atoms with Gasteiger partial charge in [-0.2, -0.15) is 0 Å². The number of ether oxygens (including phenoxy) is 1. The molecule has 1 N–H and O–H groups in total. The molecular formula is C14H16N2O2. The Kier molecular flexibility index (Phi) is 3.58. The van der Waals surface area contributed by atoms with Crippen LogP contribution in [0, 0.1) is 0 Å². The highest BCUT2D eigenvalue weighted by atomic mass is 16.5. The minimum Gasteiger partial charge on any atom is -0.492 e. The first-order valence-corrected chi connectivity index (χ1v) is 5.86. The summed E-state index contributed by atoms with van der Waals surface area (Å²) in [5.74, 6) is 0.652. The highest BCUT2D eigenvalue weighted by molar-refractivity contribution is 5.35. The lowest BCUT2D eigenvalue weighted by Crippen LogP contribution is -2.23. The van der Waals surface area contributed by atoms with Crippen LogP contribution in [0.2, 0.25) is 0 Å². The fourth-order valence-electron chi connectivity index (χ4n) is 1.75. The van der Waals surface area contributed by atoms with Gasteiger partial charge in [-0.3, -0.25) is 9.97 Å². The van der Waals surface area contributed by atoms with Gasteiger partial charge in [0.1, 0.15) is 11.4 Å². The van der Waals surface area contributed by atoms with E-state index in [0.29, 0.717) is 17.9 Å². The lowest BCUT2D eigenvalue weighted by atomic mass is 9.90. The van der Waals surface area contributed by atoms with Crippen LogP contribution in [-0.4, -0.2) is 21.7 Å². The van der Waals surface area contributed by atoms with Crippen molar-refractivity contribution in [1.29, 1.82) is 0 Å². The van der Waals surface area contributed by atoms with Crippen molar-refractivity contribution in [2.75, 3.05) is 6.61 Å². The van der Waals surface area contributed by atoms with E-state index < -0.39 is 5.60 Å². The third kappa shape index (κ3) is 2.49. The molecule has 0 aliphatic carbocycles. The lowest BCUT2D eigenvalue weighted by Gasteiger charge is -2.24. The number of hydrogen-bond donors (Lipinski definition) is 1. The minimum absolute atomic E-state index is 0.570. The van der Waals surface area contributed by atoms with E-state index in [1.807, 2.05) is 13.0 Å². The predicted molar refractivity (Wildman–Crippen MR) is 68.3 cm³/mol. The average Bonchev–Trinajstić information content (AvgIpc) is 2.40. The quantitative estimate of drug-likeness (QED) is 0.895. The zero-order valence-corrected chi connectivity index (χ0v) is 10.5. The summed E-state index contributed by atoms with van der Waals surface area (Å²) in [5.41, 5.74) is 0.274. The molecule has 0 aliphatic rings. The molecule has 0 saturated heterocycles. The molecule has 4 nitrogen and oxygen atoms in total. The molecule has 0 radical (unpaired) electrons. The fourth-order valence-corrected chi connectivity index (χ4v) is 1.75. The van der Waals surface area contributed by atoms with Gasteiger partial charge >= 0.3 is 0 Å². The normalized spacial score (nSPS) is 13.9. The Morgan fingerprint density at radius 2 is 2.00 bits per heavy atom. The second kappa shape index (κ2) is 5.14. The molecule has 0 bridgehead atoms. The van der Waals surface area contributed by atoms with Crippen molar-refractivity contribution in [3.63, 3.8) is 0 Å². The standard InChI is InChI=1S/C14H16N2O2/c1-3-18-13-7-12(9-16-10-13)14(2,17)11-5-4-6-15-8-11/h4-10,17H,3H2,1-2H3. The van der Waals surface area contributed by atoms with E-state index in [1.54, 1.807) is 43.8 Å². The van der Waals surface area contributed by atoms with Gasteiger partial charge in [-0.15, -0.1) is 0 Å². The van der Waals surface area contributed by atoms with Gasteiger partial charge in [0.15, 0.2) is 0 Å². The first kappa shape index (κ1) is 12.5. The topological polar surface area (TPSA) is 55.2 Å². The van der Waals surface area contributed by atoms with E-state index in [1.165, 1.54) is 0 Å². The highest BCUT2D eigenvalue weighted by Crippen LogP contribution is 2.29. The molecule has 0 amide bonds. The SMILES string of the molecule is CCOc1cncc(C(C)(O)c2cccnc2)c1. The molecule has 1 unspecified atom stereocenters. The number of hydrogen-bond acceptors (Lipinski definition) is 4. The first-order chi connectivity index (χ1) is 8.64. The van der Waals surface area contributed by atoms with E-state index in [4.69, 9.17) is 4.74 Å². The molecule has 0 spiro atoms. The molecule has 0 aliphatic heterocycles. The van der Waals surface area contributed by atoms with Crippen molar-refractivity contribution >= 4 is 0 Å². The van der Waals surface area contributed by atoms with Gasteiger partial charge in [0, 0.05) is 29.7 Å². The van der Waals surface area contributed by atoms with E-state index >= 15 is 0 Å². The molecule has 2 heterocycles. The van der Waals surface area contributed by atoms with Gasteiger partial charge in [-0.05, 0) is 26.0 Å². The first-order valence-electron chi connectivity index (χ1n) is 5.86. The van der Waals surface area contributed by atoms with Gasteiger partial charge in [-0.1, -0.05) is 6.07 Å². The molecule has 94 valence electrons. The Labute approximate surface area is 106 Å². The molecule has 0 fully saturated rings. The number of rotatable bonds is 4. The van der Waals surface area contributed by atoms with Crippen LogP contribution < -0.4 is 4.74 Å². The van der Waals surface area contributed by atoms with E-state index in [0.717, 1.165) is 5.56 Å². The van der Waals surface area contributed by atoms with Crippen molar-refractivity contribution < 1.29 is 9.84 Å². The smallest absolute Gasteiger partial charge is 0.137 e. The summed E-state index contributed by atoms with van der Waals surface area (Å²) in [6, 6.07) is 5.42. The van der Waals surface area contributed by atoms with Crippen LogP contribution in [0.15, 0.2) is 43.0 Å². The Balaban J connectivity index is 2.38. The molecule has 1 atom stereocenters. The molecule has 2 aromatic heterocycles. The third-order valence-corrected chi connectivity index (χ3v) is 2.81. The number of aliphatic hydroxyl groups is 1. The maximum Gasteiger partial charge on any atom is 0.137 e. The molecule has 0 saturated carbocycles. The molecule has 2 aromatic rings. The Bertz CT molecular complexity index is 512. The number of pyridine rings is 2. The van der Waals surface area contributed by atoms with Gasteiger partial charge in [0.25, 0.3) is 0 Å². The van der Waals surface area contributed by atoms with Crippen LogP contribution in [0.1, 0.15) is 25.0 Å². The summed E-state index contributed by atoms with van der Waals surface area (Å²) in [5, 5.41) is 10.6. The zero-order valence-electron chi connectivity index (χ0n) is 10.5. The van der Waals surface area contributed by atoms with Crippen LogP contribution >= 0.6 is 0 Å². The van der Waals surface area contributed by atoms with Gasteiger partial charge in [-0.25, -0.2) is 0 Å². The third-order valence-electron chi connectivity index (χ3n) is 2.81. The molecule has 2 rings (SSSR count). The van der Waals surface area contributed by atoms with Crippen LogP contribution in [0.4, 0.5) is 0 Å². The lowest BCUT2D eigenvalue weighted by molar-refractivity contribution is 0.101. The van der Waals surface area contributed by atoms with Crippen LogP contribution in [-0.2, 0) is 5.60 Å². The maximum absolute atomic E-state index is 10.6. The monoisotopic (exact) mass is 244 g/mol. The number of aromatic nitrogens is 2. The van der Waals surface area contributed by atoms with E-state index in [2.05, 4.69) is 9.97 Å². The second-order valence-electron chi connectivity index (χ2n) is 4.16. The summed E-state index contributed by atoms with van der Waals surface area (Å²) in [4.78, 5) is 8.11. The van der Waals surface area contributed by atoms with Gasteiger partial charge < -0.3 is 9.84 Å². The van der Waals surface area contributed by atoms with E-state index in [9.17, 15) is 5.11 Å². The number of nitrogens with zero attached hydrogens (tertiary/aromatic N) is 2. The zero-order chi connectivity index (χ0) is 13.0. The fraction of sp³-hybridized carbons (Fsp3) is 0.286. The van der Waals surface area contributed by atoms with Crippen LogP contribution in [0.5, 0.6) is 5.75 Å². The molecular weight excluding hydrogens is 228 g/mol. The molecule has 4 heteroatoms. The van der Waals surface area contributed by atoms with Crippen LogP contribution in [0.3, 0.4) is 0 Å². The van der Waals surface area contributed by atoms with Crippen molar-refractivity contribution in [2.45, 2.75) is 19.4 Å². The van der Waals surface area contributed by atoms with Crippen molar-refractivity contribution in [1.82, 2.24) is 9.97 Å². The van der Waals surface area contributed by atoms with Crippen molar-refractivity contribution in [3.8, 4) is 5.75 Å². The average molecular weight is 244 g/mol. The largest absolute Gasteiger partial charge is 0.492 e. The Hall–Kier alpha value is -1.94. The van der Waals surface area contributed by atoms with Gasteiger partial charge in [0.2, 0.25) is 0 Å². The minimum atomic E-state index is -1.13. The summed E-state index contributed by atoms with van der Waals surface area (Å²) in [6.45, 7) is 4.20. The summed E-state index contributed by atoms with van der Waals surface area (Å²) in [7, 11) is 0. The van der Waals surface area contributed by atoms with Crippen LogP contribution in [0.25, 0.3) is 0 Å². The highest BCUT2D eigenvalue weighted by Gasteiger charge is 2.26.